The van der Waals surface area contributed by atoms with Crippen LogP contribution in [0.15, 0.2) is 35.0 Å². The number of hydrogen-bond donors (Lipinski definition) is 0. The van der Waals surface area contributed by atoms with E-state index in [9.17, 15) is 0 Å². The van der Waals surface area contributed by atoms with Crippen LogP contribution in [0.1, 0.15) is 17.3 Å². The Balaban J connectivity index is 2.04. The Morgan fingerprint density at radius 2 is 2.28 bits per heavy atom. The van der Waals surface area contributed by atoms with Gasteiger partial charge in [-0.25, -0.2) is 0 Å². The molecule has 5 heteroatoms. The van der Waals surface area contributed by atoms with E-state index in [4.69, 9.17) is 9.78 Å². The Kier molecular flexibility index (Phi) is 2.34. The zero-order valence-corrected chi connectivity index (χ0v) is 9.79. The molecule has 0 amide bonds. The standard InChI is InChI=1S/C13H10N4O/c1-9-15-13(18-16-9)8-17-5-4-11-3-2-10(7-14)6-12(11)17/h2-6H,8H2,1H3. The first-order chi connectivity index (χ1) is 8.76. The van der Waals surface area contributed by atoms with E-state index >= 15 is 0 Å². The highest BCUT2D eigenvalue weighted by Crippen LogP contribution is 2.18. The van der Waals surface area contributed by atoms with Gasteiger partial charge in [0.25, 0.3) is 0 Å². The summed E-state index contributed by atoms with van der Waals surface area (Å²) in [4.78, 5) is 4.17. The molecule has 3 rings (SSSR count). The summed E-state index contributed by atoms with van der Waals surface area (Å²) in [6, 6.07) is 9.74. The van der Waals surface area contributed by atoms with Crippen LogP contribution in [0.3, 0.4) is 0 Å². The second kappa shape index (κ2) is 4.00. The minimum atomic E-state index is 0.513. The molecule has 0 aliphatic carbocycles. The van der Waals surface area contributed by atoms with E-state index in [-0.39, 0.29) is 0 Å². The van der Waals surface area contributed by atoms with Crippen molar-refractivity contribution in [1.82, 2.24) is 14.7 Å². The van der Waals surface area contributed by atoms with Gasteiger partial charge >= 0.3 is 0 Å². The van der Waals surface area contributed by atoms with Crippen LogP contribution in [0.2, 0.25) is 0 Å². The van der Waals surface area contributed by atoms with Gasteiger partial charge in [0.2, 0.25) is 5.89 Å². The normalized spacial score (nSPS) is 10.7. The molecule has 0 spiro atoms. The summed E-state index contributed by atoms with van der Waals surface area (Å²) in [7, 11) is 0. The van der Waals surface area contributed by atoms with Crippen LogP contribution in [0.5, 0.6) is 0 Å². The number of hydrogen-bond acceptors (Lipinski definition) is 4. The summed E-state index contributed by atoms with van der Waals surface area (Å²) in [5.74, 6) is 1.19. The van der Waals surface area contributed by atoms with Crippen LogP contribution in [0.25, 0.3) is 10.9 Å². The third-order valence-corrected chi connectivity index (χ3v) is 2.78. The van der Waals surface area contributed by atoms with Gasteiger partial charge in [-0.2, -0.15) is 10.2 Å². The highest BCUT2D eigenvalue weighted by molar-refractivity contribution is 5.81. The molecule has 3 aromatic rings. The fraction of sp³-hybridized carbons (Fsp3) is 0.154. The van der Waals surface area contributed by atoms with Gasteiger partial charge in [-0.05, 0) is 30.5 Å². The van der Waals surface area contributed by atoms with E-state index in [2.05, 4.69) is 16.2 Å². The number of rotatable bonds is 2. The van der Waals surface area contributed by atoms with E-state index in [1.54, 1.807) is 6.92 Å². The van der Waals surface area contributed by atoms with Crippen molar-refractivity contribution in [3.8, 4) is 6.07 Å². The highest BCUT2D eigenvalue weighted by Gasteiger charge is 2.07. The average Bonchev–Trinajstić information content (AvgIpc) is 2.96. The first kappa shape index (κ1) is 10.5. The molecule has 0 aliphatic heterocycles. The Morgan fingerprint density at radius 3 is 3.00 bits per heavy atom. The van der Waals surface area contributed by atoms with Crippen LogP contribution in [0, 0.1) is 18.3 Å². The molecule has 0 saturated carbocycles. The van der Waals surface area contributed by atoms with E-state index in [0.717, 1.165) is 10.9 Å². The van der Waals surface area contributed by atoms with Gasteiger partial charge in [0, 0.05) is 11.7 Å². The summed E-state index contributed by atoms with van der Waals surface area (Å²) in [6.45, 7) is 2.30. The quantitative estimate of drug-likeness (QED) is 0.686. The lowest BCUT2D eigenvalue weighted by atomic mass is 10.2. The summed E-state index contributed by atoms with van der Waals surface area (Å²) >= 11 is 0. The first-order valence-electron chi connectivity index (χ1n) is 5.54. The summed E-state index contributed by atoms with van der Waals surface area (Å²) in [5, 5.41) is 13.8. The van der Waals surface area contributed by atoms with Crippen molar-refractivity contribution in [3.63, 3.8) is 0 Å². The molecule has 1 aromatic carbocycles. The second-order valence-corrected chi connectivity index (χ2v) is 4.06. The van der Waals surface area contributed by atoms with Crippen molar-refractivity contribution in [1.29, 1.82) is 5.26 Å². The minimum Gasteiger partial charge on any atom is -0.338 e. The average molecular weight is 238 g/mol. The molecule has 0 bridgehead atoms. The monoisotopic (exact) mass is 238 g/mol. The van der Waals surface area contributed by atoms with Gasteiger partial charge in [0.15, 0.2) is 5.82 Å². The molecular weight excluding hydrogens is 228 g/mol. The molecule has 0 atom stereocenters. The first-order valence-corrected chi connectivity index (χ1v) is 5.54. The van der Waals surface area contributed by atoms with E-state index in [1.165, 1.54) is 0 Å². The van der Waals surface area contributed by atoms with Gasteiger partial charge in [-0.3, -0.25) is 0 Å². The summed E-state index contributed by atoms with van der Waals surface area (Å²) in [6.07, 6.45) is 1.95. The van der Waals surface area contributed by atoms with Crippen molar-refractivity contribution in [2.45, 2.75) is 13.5 Å². The third kappa shape index (κ3) is 1.74. The zero-order valence-electron chi connectivity index (χ0n) is 9.79. The molecule has 0 N–H and O–H groups in total. The predicted molar refractivity (Wildman–Crippen MR) is 64.8 cm³/mol. The molecule has 0 radical (unpaired) electrons. The molecule has 18 heavy (non-hydrogen) atoms. The molecule has 0 unspecified atom stereocenters. The van der Waals surface area contributed by atoms with Crippen molar-refractivity contribution in [2.24, 2.45) is 0 Å². The van der Waals surface area contributed by atoms with Gasteiger partial charge in [-0.1, -0.05) is 11.2 Å². The number of benzene rings is 1. The molecule has 0 fully saturated rings. The van der Waals surface area contributed by atoms with Crippen molar-refractivity contribution < 1.29 is 4.52 Å². The molecular formula is C13H10N4O. The van der Waals surface area contributed by atoms with E-state index in [1.807, 2.05) is 35.0 Å². The highest BCUT2D eigenvalue weighted by atomic mass is 16.5. The number of nitriles is 1. The number of aryl methyl sites for hydroxylation is 1. The lowest BCUT2D eigenvalue weighted by molar-refractivity contribution is 0.369. The third-order valence-electron chi connectivity index (χ3n) is 2.78. The SMILES string of the molecule is Cc1noc(Cn2ccc3ccc(C#N)cc32)n1. The predicted octanol–water partition coefficient (Wildman–Crippen LogP) is 2.25. The minimum absolute atomic E-state index is 0.513. The second-order valence-electron chi connectivity index (χ2n) is 4.06. The summed E-state index contributed by atoms with van der Waals surface area (Å²) < 4.78 is 7.09. The fourth-order valence-electron chi connectivity index (χ4n) is 1.94. The van der Waals surface area contributed by atoms with Gasteiger partial charge in [-0.15, -0.1) is 0 Å². The largest absolute Gasteiger partial charge is 0.338 e. The fourth-order valence-corrected chi connectivity index (χ4v) is 1.94. The topological polar surface area (TPSA) is 67.6 Å². The van der Waals surface area contributed by atoms with E-state index < -0.39 is 0 Å². The van der Waals surface area contributed by atoms with Crippen LogP contribution in [-0.4, -0.2) is 14.7 Å². The Hall–Kier alpha value is -2.61. The van der Waals surface area contributed by atoms with Crippen LogP contribution in [-0.2, 0) is 6.54 Å². The van der Waals surface area contributed by atoms with Crippen molar-refractivity contribution in [3.05, 3.63) is 47.7 Å². The van der Waals surface area contributed by atoms with Gasteiger partial charge < -0.3 is 9.09 Å². The maximum Gasteiger partial charge on any atom is 0.246 e. The maximum atomic E-state index is 8.92. The van der Waals surface area contributed by atoms with E-state index in [0.29, 0.717) is 23.8 Å². The van der Waals surface area contributed by atoms with Crippen LogP contribution >= 0.6 is 0 Å². The smallest absolute Gasteiger partial charge is 0.246 e. The van der Waals surface area contributed by atoms with Crippen molar-refractivity contribution in [2.75, 3.05) is 0 Å². The Bertz CT molecular complexity index is 748. The van der Waals surface area contributed by atoms with Gasteiger partial charge in [0.1, 0.15) is 6.54 Å². The molecule has 88 valence electrons. The summed E-state index contributed by atoms with van der Waals surface area (Å²) in [5.41, 5.74) is 1.63. The number of aromatic nitrogens is 3. The molecule has 0 saturated heterocycles. The number of fused-ring (bicyclic) bond motifs is 1. The number of nitrogens with zero attached hydrogens (tertiary/aromatic N) is 4. The molecule has 5 nitrogen and oxygen atoms in total. The van der Waals surface area contributed by atoms with Gasteiger partial charge in [0.05, 0.1) is 11.6 Å². The lowest BCUT2D eigenvalue weighted by Crippen LogP contribution is -1.98. The zero-order chi connectivity index (χ0) is 12.5. The van der Waals surface area contributed by atoms with Crippen molar-refractivity contribution >= 4 is 10.9 Å². The Labute approximate surface area is 103 Å². The van der Waals surface area contributed by atoms with Crippen LogP contribution in [0.4, 0.5) is 0 Å². The Morgan fingerprint density at radius 1 is 1.39 bits per heavy atom. The van der Waals surface area contributed by atoms with Crippen LogP contribution < -0.4 is 0 Å². The lowest BCUT2D eigenvalue weighted by Gasteiger charge is -2.01. The molecule has 0 aliphatic rings. The molecule has 2 aromatic heterocycles. The molecule has 2 heterocycles. The maximum absolute atomic E-state index is 8.92.